The predicted octanol–water partition coefficient (Wildman–Crippen LogP) is 3.01. The number of nitrogens with zero attached hydrogens (tertiary/aromatic N) is 2. The maximum Gasteiger partial charge on any atom is 0.124 e. The van der Waals surface area contributed by atoms with Crippen LogP contribution in [0, 0.1) is 11.3 Å². The van der Waals surface area contributed by atoms with Crippen molar-refractivity contribution in [2.45, 2.75) is 0 Å². The summed E-state index contributed by atoms with van der Waals surface area (Å²) in [7, 11) is 0. The van der Waals surface area contributed by atoms with E-state index in [0.29, 0.717) is 16.8 Å². The Morgan fingerprint density at radius 2 is 1.76 bits per heavy atom. The molecule has 3 heteroatoms. The number of rotatable bonds is 2. The fourth-order valence-electron chi connectivity index (χ4n) is 1.42. The van der Waals surface area contributed by atoms with Crippen molar-refractivity contribution in [2.24, 2.45) is 4.99 Å². The monoisotopic (exact) mass is 222 g/mol. The van der Waals surface area contributed by atoms with Crippen LogP contribution >= 0.6 is 0 Å². The van der Waals surface area contributed by atoms with E-state index in [1.165, 1.54) is 0 Å². The van der Waals surface area contributed by atoms with Gasteiger partial charge in [-0.25, -0.2) is 0 Å². The largest absolute Gasteiger partial charge is 0.507 e. The second kappa shape index (κ2) is 4.95. The first-order valence-corrected chi connectivity index (χ1v) is 5.12. The summed E-state index contributed by atoms with van der Waals surface area (Å²) >= 11 is 0. The van der Waals surface area contributed by atoms with Crippen LogP contribution in [0.4, 0.5) is 5.69 Å². The summed E-state index contributed by atoms with van der Waals surface area (Å²) in [4.78, 5) is 4.20. The molecule has 0 saturated carbocycles. The lowest BCUT2D eigenvalue weighted by Gasteiger charge is -1.98. The van der Waals surface area contributed by atoms with E-state index in [1.807, 2.05) is 12.1 Å². The topological polar surface area (TPSA) is 56.4 Å². The maximum absolute atomic E-state index is 9.56. The standard InChI is InChI=1S/C14H10N2O/c15-9-11-5-1-3-7-13(11)16-10-12-6-2-4-8-14(12)17/h1-8,10,17H. The van der Waals surface area contributed by atoms with E-state index in [2.05, 4.69) is 11.1 Å². The van der Waals surface area contributed by atoms with Gasteiger partial charge in [0.2, 0.25) is 0 Å². The minimum Gasteiger partial charge on any atom is -0.507 e. The number of phenols is 1. The summed E-state index contributed by atoms with van der Waals surface area (Å²) in [6.45, 7) is 0. The molecule has 17 heavy (non-hydrogen) atoms. The maximum atomic E-state index is 9.56. The Hall–Kier alpha value is -2.60. The molecule has 2 aromatic carbocycles. The minimum absolute atomic E-state index is 0.172. The third-order valence-electron chi connectivity index (χ3n) is 2.30. The molecule has 82 valence electrons. The molecule has 0 saturated heterocycles. The fraction of sp³-hybridized carbons (Fsp3) is 0. The van der Waals surface area contributed by atoms with Crippen molar-refractivity contribution in [2.75, 3.05) is 0 Å². The summed E-state index contributed by atoms with van der Waals surface area (Å²) in [5.74, 6) is 0.172. The average molecular weight is 222 g/mol. The molecule has 0 bridgehead atoms. The normalized spacial score (nSPS) is 10.3. The summed E-state index contributed by atoms with van der Waals surface area (Å²) in [6, 6.07) is 16.1. The summed E-state index contributed by atoms with van der Waals surface area (Å²) in [5, 5.41) is 18.5. The van der Waals surface area contributed by atoms with Gasteiger partial charge in [-0.1, -0.05) is 24.3 Å². The van der Waals surface area contributed by atoms with Crippen molar-refractivity contribution in [3.63, 3.8) is 0 Å². The molecule has 0 amide bonds. The van der Waals surface area contributed by atoms with Crippen molar-refractivity contribution < 1.29 is 5.11 Å². The third kappa shape index (κ3) is 2.50. The Morgan fingerprint density at radius 1 is 1.06 bits per heavy atom. The molecular formula is C14H10N2O. The van der Waals surface area contributed by atoms with Crippen LogP contribution in [-0.2, 0) is 0 Å². The van der Waals surface area contributed by atoms with Gasteiger partial charge in [0, 0.05) is 11.8 Å². The second-order valence-electron chi connectivity index (χ2n) is 3.45. The molecule has 0 aromatic heterocycles. The number of hydrogen-bond donors (Lipinski definition) is 1. The van der Waals surface area contributed by atoms with Crippen LogP contribution in [0.5, 0.6) is 5.75 Å². The number of hydrogen-bond acceptors (Lipinski definition) is 3. The van der Waals surface area contributed by atoms with Gasteiger partial charge in [0.05, 0.1) is 11.3 Å². The molecule has 1 N–H and O–H groups in total. The first-order chi connectivity index (χ1) is 8.31. The van der Waals surface area contributed by atoms with Crippen molar-refractivity contribution in [3.8, 4) is 11.8 Å². The van der Waals surface area contributed by atoms with E-state index >= 15 is 0 Å². The molecule has 0 unspecified atom stereocenters. The molecular weight excluding hydrogens is 212 g/mol. The number of aliphatic imine (C=N–C) groups is 1. The van der Waals surface area contributed by atoms with Crippen molar-refractivity contribution in [3.05, 3.63) is 59.7 Å². The van der Waals surface area contributed by atoms with Gasteiger partial charge in [0.15, 0.2) is 0 Å². The van der Waals surface area contributed by atoms with Gasteiger partial charge < -0.3 is 5.11 Å². The van der Waals surface area contributed by atoms with Gasteiger partial charge >= 0.3 is 0 Å². The molecule has 0 fully saturated rings. The second-order valence-corrected chi connectivity index (χ2v) is 3.45. The van der Waals surface area contributed by atoms with Crippen LogP contribution in [0.3, 0.4) is 0 Å². The van der Waals surface area contributed by atoms with Crippen LogP contribution in [0.25, 0.3) is 0 Å². The molecule has 3 nitrogen and oxygen atoms in total. The van der Waals surface area contributed by atoms with Crippen LogP contribution in [0.15, 0.2) is 53.5 Å². The molecule has 0 heterocycles. The number of phenolic OH excluding ortho intramolecular Hbond substituents is 1. The Balaban J connectivity index is 2.33. The highest BCUT2D eigenvalue weighted by Crippen LogP contribution is 2.19. The average Bonchev–Trinajstić information content (AvgIpc) is 2.38. The predicted molar refractivity (Wildman–Crippen MR) is 66.5 cm³/mol. The van der Waals surface area contributed by atoms with E-state index in [1.54, 1.807) is 42.6 Å². The highest BCUT2D eigenvalue weighted by atomic mass is 16.3. The quantitative estimate of drug-likeness (QED) is 0.794. The fourth-order valence-corrected chi connectivity index (χ4v) is 1.42. The lowest BCUT2D eigenvalue weighted by molar-refractivity contribution is 0.474. The lowest BCUT2D eigenvalue weighted by Crippen LogP contribution is -1.82. The zero-order valence-corrected chi connectivity index (χ0v) is 9.04. The minimum atomic E-state index is 0.172. The zero-order valence-electron chi connectivity index (χ0n) is 9.04. The number of benzene rings is 2. The Morgan fingerprint density at radius 3 is 2.53 bits per heavy atom. The highest BCUT2D eigenvalue weighted by molar-refractivity contribution is 5.85. The summed E-state index contributed by atoms with van der Waals surface area (Å²) < 4.78 is 0. The van der Waals surface area contributed by atoms with Crippen LogP contribution in [0.1, 0.15) is 11.1 Å². The van der Waals surface area contributed by atoms with E-state index in [9.17, 15) is 5.11 Å². The van der Waals surface area contributed by atoms with Gasteiger partial charge in [-0.3, -0.25) is 4.99 Å². The molecule has 0 aliphatic heterocycles. The summed E-state index contributed by atoms with van der Waals surface area (Å²) in [6.07, 6.45) is 1.55. The number of nitriles is 1. The Labute approximate surface area is 99.3 Å². The number of para-hydroxylation sites is 2. The van der Waals surface area contributed by atoms with E-state index in [-0.39, 0.29) is 5.75 Å². The van der Waals surface area contributed by atoms with Gasteiger partial charge in [0.25, 0.3) is 0 Å². The molecule has 0 aliphatic rings. The van der Waals surface area contributed by atoms with Gasteiger partial charge in [0.1, 0.15) is 11.8 Å². The molecule has 0 atom stereocenters. The Bertz CT molecular complexity index is 597. The smallest absolute Gasteiger partial charge is 0.124 e. The van der Waals surface area contributed by atoms with E-state index in [4.69, 9.17) is 5.26 Å². The van der Waals surface area contributed by atoms with Crippen LogP contribution in [0.2, 0.25) is 0 Å². The van der Waals surface area contributed by atoms with Gasteiger partial charge in [-0.15, -0.1) is 0 Å². The van der Waals surface area contributed by atoms with Crippen LogP contribution < -0.4 is 0 Å². The van der Waals surface area contributed by atoms with Gasteiger partial charge in [-0.2, -0.15) is 5.26 Å². The van der Waals surface area contributed by atoms with Crippen molar-refractivity contribution in [1.82, 2.24) is 0 Å². The van der Waals surface area contributed by atoms with E-state index in [0.717, 1.165) is 0 Å². The van der Waals surface area contributed by atoms with Gasteiger partial charge in [-0.05, 0) is 24.3 Å². The SMILES string of the molecule is N#Cc1ccccc1N=Cc1ccccc1O. The van der Waals surface area contributed by atoms with Crippen LogP contribution in [-0.4, -0.2) is 11.3 Å². The molecule has 2 aromatic rings. The van der Waals surface area contributed by atoms with Crippen molar-refractivity contribution in [1.29, 1.82) is 5.26 Å². The van der Waals surface area contributed by atoms with Crippen molar-refractivity contribution >= 4 is 11.9 Å². The lowest BCUT2D eigenvalue weighted by atomic mass is 10.2. The number of aromatic hydroxyl groups is 1. The Kier molecular flexibility index (Phi) is 3.18. The molecule has 0 radical (unpaired) electrons. The first kappa shape index (κ1) is 10.9. The summed E-state index contributed by atoms with van der Waals surface area (Å²) in [5.41, 5.74) is 1.73. The molecule has 0 spiro atoms. The zero-order chi connectivity index (χ0) is 12.1. The third-order valence-corrected chi connectivity index (χ3v) is 2.30. The highest BCUT2D eigenvalue weighted by Gasteiger charge is 1.98. The molecule has 0 aliphatic carbocycles. The first-order valence-electron chi connectivity index (χ1n) is 5.12. The van der Waals surface area contributed by atoms with E-state index < -0.39 is 0 Å². The molecule has 2 rings (SSSR count).